The van der Waals surface area contributed by atoms with E-state index in [0.717, 1.165) is 0 Å². The fourth-order valence-electron chi connectivity index (χ4n) is 1.97. The minimum absolute atomic E-state index is 0.00352. The summed E-state index contributed by atoms with van der Waals surface area (Å²) in [5.74, 6) is -0.259. The first-order valence-electron chi connectivity index (χ1n) is 7.47. The molecule has 3 aromatic rings. The van der Waals surface area contributed by atoms with Crippen LogP contribution in [0.5, 0.6) is 0 Å². The van der Waals surface area contributed by atoms with Crippen molar-refractivity contribution in [1.82, 2.24) is 25.3 Å². The van der Waals surface area contributed by atoms with Gasteiger partial charge in [0.05, 0.1) is 12.7 Å². The standard InChI is InChI=1S/C15H14ClN7O2S/c16-10-1-3-11(4-2-10)19-14(25)18-7-12-8-23(22-21-12)9-13(24)20-15-17-5-6-26-15/h1-6,8H,7,9H2,(H,17,20,24)(H2,18,19,25). The molecule has 0 aliphatic heterocycles. The lowest BCUT2D eigenvalue weighted by molar-refractivity contribution is -0.116. The number of aromatic nitrogens is 4. The zero-order valence-corrected chi connectivity index (χ0v) is 14.9. The summed E-state index contributed by atoms with van der Waals surface area (Å²) in [6.45, 7) is 0.178. The predicted octanol–water partition coefficient (Wildman–Crippen LogP) is 2.35. The number of hydrogen-bond donors (Lipinski definition) is 3. The molecule has 2 heterocycles. The van der Waals surface area contributed by atoms with E-state index < -0.39 is 0 Å². The van der Waals surface area contributed by atoms with Crippen LogP contribution in [0.1, 0.15) is 5.69 Å². The van der Waals surface area contributed by atoms with Crippen molar-refractivity contribution in [2.45, 2.75) is 13.1 Å². The van der Waals surface area contributed by atoms with Crippen LogP contribution in [0.4, 0.5) is 15.6 Å². The van der Waals surface area contributed by atoms with Gasteiger partial charge in [0.1, 0.15) is 12.2 Å². The molecule has 0 aliphatic rings. The molecule has 0 bridgehead atoms. The van der Waals surface area contributed by atoms with Crippen LogP contribution in [0.2, 0.25) is 5.02 Å². The number of nitrogens with zero attached hydrogens (tertiary/aromatic N) is 4. The number of thiazole rings is 1. The van der Waals surface area contributed by atoms with Gasteiger partial charge >= 0.3 is 6.03 Å². The Kier molecular flexibility index (Phi) is 5.77. The molecule has 2 aromatic heterocycles. The van der Waals surface area contributed by atoms with Gasteiger partial charge in [0.2, 0.25) is 5.91 Å². The fraction of sp³-hybridized carbons (Fsp3) is 0.133. The third-order valence-corrected chi connectivity index (χ3v) is 4.04. The zero-order chi connectivity index (χ0) is 18.4. The van der Waals surface area contributed by atoms with E-state index >= 15 is 0 Å². The van der Waals surface area contributed by atoms with Gasteiger partial charge in [0, 0.05) is 22.3 Å². The zero-order valence-electron chi connectivity index (χ0n) is 13.3. The molecule has 26 heavy (non-hydrogen) atoms. The lowest BCUT2D eigenvalue weighted by atomic mass is 10.3. The molecular weight excluding hydrogens is 378 g/mol. The Morgan fingerprint density at radius 2 is 2.00 bits per heavy atom. The number of hydrogen-bond acceptors (Lipinski definition) is 6. The Labute approximate surface area is 157 Å². The SMILES string of the molecule is O=C(Cn1cc(CNC(=O)Nc2ccc(Cl)cc2)nn1)Nc1nccs1. The molecule has 0 radical (unpaired) electrons. The van der Waals surface area contributed by atoms with E-state index in [-0.39, 0.29) is 25.0 Å². The summed E-state index contributed by atoms with van der Waals surface area (Å²) < 4.78 is 1.39. The Bertz CT molecular complexity index is 880. The summed E-state index contributed by atoms with van der Waals surface area (Å²) in [7, 11) is 0. The molecule has 3 N–H and O–H groups in total. The molecule has 0 aliphatic carbocycles. The van der Waals surface area contributed by atoms with Gasteiger partial charge in [-0.3, -0.25) is 4.79 Å². The second-order valence-electron chi connectivity index (χ2n) is 5.11. The Hall–Kier alpha value is -2.98. The number of benzene rings is 1. The highest BCUT2D eigenvalue weighted by Crippen LogP contribution is 2.13. The summed E-state index contributed by atoms with van der Waals surface area (Å²) >= 11 is 7.12. The van der Waals surface area contributed by atoms with Gasteiger partial charge in [-0.05, 0) is 24.3 Å². The number of nitrogens with one attached hydrogen (secondary N) is 3. The van der Waals surface area contributed by atoms with Crippen molar-refractivity contribution in [3.8, 4) is 0 Å². The van der Waals surface area contributed by atoms with Crippen molar-refractivity contribution in [3.63, 3.8) is 0 Å². The molecule has 1 aromatic carbocycles. The first-order chi connectivity index (χ1) is 12.6. The minimum atomic E-state index is -0.386. The molecule has 0 saturated heterocycles. The van der Waals surface area contributed by atoms with Crippen LogP contribution in [0.15, 0.2) is 42.0 Å². The molecule has 3 rings (SSSR count). The van der Waals surface area contributed by atoms with Gasteiger partial charge in [-0.2, -0.15) is 0 Å². The first-order valence-corrected chi connectivity index (χ1v) is 8.73. The Morgan fingerprint density at radius 3 is 2.73 bits per heavy atom. The highest BCUT2D eigenvalue weighted by atomic mass is 35.5. The second-order valence-corrected chi connectivity index (χ2v) is 6.44. The van der Waals surface area contributed by atoms with E-state index in [1.807, 2.05) is 0 Å². The molecular formula is C15H14ClN7O2S. The van der Waals surface area contributed by atoms with E-state index in [0.29, 0.717) is 21.5 Å². The van der Waals surface area contributed by atoms with Crippen LogP contribution in [-0.2, 0) is 17.9 Å². The molecule has 0 saturated carbocycles. The number of urea groups is 1. The van der Waals surface area contributed by atoms with Crippen LogP contribution in [0.25, 0.3) is 0 Å². The topological polar surface area (TPSA) is 114 Å². The fourth-order valence-corrected chi connectivity index (χ4v) is 2.64. The molecule has 0 fully saturated rings. The van der Waals surface area contributed by atoms with Crippen molar-refractivity contribution < 1.29 is 9.59 Å². The number of carbonyl (C=O) groups is 2. The van der Waals surface area contributed by atoms with E-state index in [1.54, 1.807) is 42.0 Å². The van der Waals surface area contributed by atoms with Crippen LogP contribution >= 0.6 is 22.9 Å². The number of anilines is 2. The van der Waals surface area contributed by atoms with Gasteiger partial charge in [0.15, 0.2) is 5.13 Å². The summed E-state index contributed by atoms with van der Waals surface area (Å²) in [6.07, 6.45) is 3.19. The van der Waals surface area contributed by atoms with Crippen LogP contribution in [0, 0.1) is 0 Å². The van der Waals surface area contributed by atoms with Crippen LogP contribution in [0.3, 0.4) is 0 Å². The summed E-state index contributed by atoms with van der Waals surface area (Å²) in [6, 6.07) is 6.36. The third-order valence-electron chi connectivity index (χ3n) is 3.10. The Balaban J connectivity index is 1.45. The van der Waals surface area contributed by atoms with Crippen LogP contribution in [-0.4, -0.2) is 31.9 Å². The van der Waals surface area contributed by atoms with Gasteiger partial charge in [-0.25, -0.2) is 14.5 Å². The number of carbonyl (C=O) groups excluding carboxylic acids is 2. The third kappa shape index (κ3) is 5.26. The molecule has 134 valence electrons. The average Bonchev–Trinajstić information content (AvgIpc) is 3.27. The van der Waals surface area contributed by atoms with E-state index in [4.69, 9.17) is 11.6 Å². The summed E-state index contributed by atoms with van der Waals surface area (Å²) in [5, 5.41) is 18.6. The average molecular weight is 392 g/mol. The van der Waals surface area contributed by atoms with Crippen molar-refractivity contribution in [2.24, 2.45) is 0 Å². The lowest BCUT2D eigenvalue weighted by Crippen LogP contribution is -2.28. The highest BCUT2D eigenvalue weighted by molar-refractivity contribution is 7.13. The van der Waals surface area contributed by atoms with E-state index in [2.05, 4.69) is 31.2 Å². The largest absolute Gasteiger partial charge is 0.332 e. The van der Waals surface area contributed by atoms with Gasteiger partial charge in [0.25, 0.3) is 0 Å². The quantitative estimate of drug-likeness (QED) is 0.596. The van der Waals surface area contributed by atoms with Crippen molar-refractivity contribution in [1.29, 1.82) is 0 Å². The summed E-state index contributed by atoms with van der Waals surface area (Å²) in [4.78, 5) is 27.7. The predicted molar refractivity (Wildman–Crippen MR) is 98.1 cm³/mol. The highest BCUT2D eigenvalue weighted by Gasteiger charge is 2.09. The second kappa shape index (κ2) is 8.41. The lowest BCUT2D eigenvalue weighted by Gasteiger charge is -2.06. The Morgan fingerprint density at radius 1 is 1.19 bits per heavy atom. The maximum absolute atomic E-state index is 11.9. The van der Waals surface area contributed by atoms with Gasteiger partial charge < -0.3 is 16.0 Å². The molecule has 9 nitrogen and oxygen atoms in total. The van der Waals surface area contributed by atoms with Crippen LogP contribution < -0.4 is 16.0 Å². The minimum Gasteiger partial charge on any atom is -0.332 e. The van der Waals surface area contributed by atoms with E-state index in [1.165, 1.54) is 16.0 Å². The van der Waals surface area contributed by atoms with Crippen molar-refractivity contribution in [3.05, 3.63) is 52.8 Å². The maximum atomic E-state index is 11.9. The number of amides is 3. The maximum Gasteiger partial charge on any atom is 0.319 e. The molecule has 0 spiro atoms. The van der Waals surface area contributed by atoms with Gasteiger partial charge in [-0.1, -0.05) is 16.8 Å². The summed E-state index contributed by atoms with van der Waals surface area (Å²) in [5.41, 5.74) is 1.15. The monoisotopic (exact) mass is 391 g/mol. The number of rotatable bonds is 6. The number of halogens is 1. The molecule has 11 heteroatoms. The molecule has 3 amide bonds. The molecule has 0 unspecified atom stereocenters. The van der Waals surface area contributed by atoms with Crippen molar-refractivity contribution in [2.75, 3.05) is 10.6 Å². The first kappa shape index (κ1) is 17.8. The molecule has 0 atom stereocenters. The smallest absolute Gasteiger partial charge is 0.319 e. The van der Waals surface area contributed by atoms with Gasteiger partial charge in [-0.15, -0.1) is 16.4 Å². The van der Waals surface area contributed by atoms with E-state index in [9.17, 15) is 9.59 Å². The normalized spacial score (nSPS) is 10.3. The van der Waals surface area contributed by atoms with Crippen molar-refractivity contribution >= 4 is 45.7 Å².